The van der Waals surface area contributed by atoms with Gasteiger partial charge in [-0.1, -0.05) is 72.8 Å². The lowest BCUT2D eigenvalue weighted by Gasteiger charge is -2.21. The van der Waals surface area contributed by atoms with Gasteiger partial charge in [0.05, 0.1) is 6.54 Å². The Morgan fingerprint density at radius 2 is 1.11 bits per heavy atom. The number of amides is 1. The molecular weight excluding hydrogens is 717 g/mol. The summed E-state index contributed by atoms with van der Waals surface area (Å²) in [7, 11) is 3.66. The maximum Gasteiger partial charge on any atom is 0.323 e. The zero-order valence-electron chi connectivity index (χ0n) is 32.4. The molecule has 57 heavy (non-hydrogen) atoms. The first-order valence-electron chi connectivity index (χ1n) is 19.1. The summed E-state index contributed by atoms with van der Waals surface area (Å²) in [6, 6.07) is 31.2. The molecule has 2 aliphatic rings. The standard InChI is InChI=1S/C22H23N5O.C15H16N4O2.C7H9N/c1-27(15-20(28)24-14-16-8-3-2-4-9-16)22-17-10-7-12-18(17)25-21(26-22)19-11-5-6-13-23-19;1-19(9-13(20)21)15-10-5-4-7-11(10)17-14(18-15)12-6-2-3-8-16-12;8-6-7-4-2-1-3-5-7/h2-6,8-9,11,13H,7,10,12,14-15H2,1H3,(H,24,28);2-3,6,8H,4-5,7,9H2,1H3,(H,20,21);1-5H,6,8H2. The summed E-state index contributed by atoms with van der Waals surface area (Å²) in [5.74, 6) is 1.81. The van der Waals surface area contributed by atoms with Crippen molar-refractivity contribution >= 4 is 23.5 Å². The van der Waals surface area contributed by atoms with Gasteiger partial charge in [-0.05, 0) is 73.9 Å². The lowest BCUT2D eigenvalue weighted by atomic mass is 10.2. The molecule has 13 heteroatoms. The molecule has 0 atom stereocenters. The monoisotopic (exact) mass is 764 g/mol. The molecule has 292 valence electrons. The molecule has 1 amide bonds. The van der Waals surface area contributed by atoms with Crippen LogP contribution in [0.2, 0.25) is 0 Å². The first-order chi connectivity index (χ1) is 27.8. The maximum absolute atomic E-state index is 12.4. The largest absolute Gasteiger partial charge is 0.480 e. The van der Waals surface area contributed by atoms with Crippen LogP contribution in [0.15, 0.2) is 109 Å². The van der Waals surface area contributed by atoms with Crippen LogP contribution in [0.5, 0.6) is 0 Å². The van der Waals surface area contributed by atoms with Crippen molar-refractivity contribution < 1.29 is 14.7 Å². The number of fused-ring (bicyclic) bond motifs is 2. The molecule has 6 aromatic rings. The Kier molecular flexibility index (Phi) is 13.9. The van der Waals surface area contributed by atoms with Crippen LogP contribution in [-0.2, 0) is 48.4 Å². The topological polar surface area (TPSA) is 176 Å². The van der Waals surface area contributed by atoms with E-state index in [1.807, 2.05) is 109 Å². The van der Waals surface area contributed by atoms with Gasteiger partial charge in [0, 0.05) is 62.1 Å². The number of pyridine rings is 2. The molecule has 2 aliphatic carbocycles. The van der Waals surface area contributed by atoms with Crippen LogP contribution in [-0.4, -0.2) is 74.1 Å². The first-order valence-corrected chi connectivity index (χ1v) is 19.1. The normalized spacial score (nSPS) is 12.2. The minimum Gasteiger partial charge on any atom is -0.480 e. The van der Waals surface area contributed by atoms with E-state index in [2.05, 4.69) is 25.3 Å². The van der Waals surface area contributed by atoms with Crippen LogP contribution < -0.4 is 20.9 Å². The molecule has 0 saturated heterocycles. The Labute approximate surface area is 333 Å². The number of benzene rings is 2. The number of carbonyl (C=O) groups excluding carboxylic acids is 1. The van der Waals surface area contributed by atoms with Crippen molar-refractivity contribution in [2.45, 2.75) is 51.6 Å². The number of aryl methyl sites for hydroxylation is 2. The number of likely N-dealkylation sites (N-methyl/N-ethyl adjacent to an activating group) is 2. The number of carboxylic acids is 1. The van der Waals surface area contributed by atoms with Gasteiger partial charge in [0.15, 0.2) is 11.6 Å². The van der Waals surface area contributed by atoms with Gasteiger partial charge < -0.3 is 26.0 Å². The van der Waals surface area contributed by atoms with Gasteiger partial charge in [-0.2, -0.15) is 0 Å². The van der Waals surface area contributed by atoms with Crippen LogP contribution in [0, 0.1) is 0 Å². The summed E-state index contributed by atoms with van der Waals surface area (Å²) in [5.41, 5.74) is 13.4. The van der Waals surface area contributed by atoms with Gasteiger partial charge >= 0.3 is 5.97 Å². The van der Waals surface area contributed by atoms with Crippen molar-refractivity contribution in [2.75, 3.05) is 37.0 Å². The number of carbonyl (C=O) groups is 2. The van der Waals surface area contributed by atoms with Crippen molar-refractivity contribution in [3.63, 3.8) is 0 Å². The Balaban J connectivity index is 0.000000166. The van der Waals surface area contributed by atoms with E-state index in [1.165, 1.54) is 5.56 Å². The minimum absolute atomic E-state index is 0.0314. The van der Waals surface area contributed by atoms with E-state index >= 15 is 0 Å². The Morgan fingerprint density at radius 1 is 0.632 bits per heavy atom. The highest BCUT2D eigenvalue weighted by Gasteiger charge is 2.24. The zero-order chi connectivity index (χ0) is 40.0. The van der Waals surface area contributed by atoms with Gasteiger partial charge in [-0.25, -0.2) is 19.9 Å². The van der Waals surface area contributed by atoms with Crippen LogP contribution in [0.1, 0.15) is 46.5 Å². The van der Waals surface area contributed by atoms with Crippen molar-refractivity contribution in [2.24, 2.45) is 5.73 Å². The minimum atomic E-state index is -0.873. The number of rotatable bonds is 11. The van der Waals surface area contributed by atoms with Crippen molar-refractivity contribution in [3.05, 3.63) is 143 Å². The average Bonchev–Trinajstić information content (AvgIpc) is 3.94. The third kappa shape index (κ3) is 11.0. The molecule has 0 radical (unpaired) electrons. The zero-order valence-corrected chi connectivity index (χ0v) is 32.4. The Morgan fingerprint density at radius 3 is 1.54 bits per heavy atom. The summed E-state index contributed by atoms with van der Waals surface area (Å²) in [6.45, 7) is 1.33. The summed E-state index contributed by atoms with van der Waals surface area (Å²) >= 11 is 0. The van der Waals surface area contributed by atoms with Crippen LogP contribution in [0.4, 0.5) is 11.6 Å². The molecule has 0 bridgehead atoms. The molecule has 0 spiro atoms. The average molecular weight is 765 g/mol. The van der Waals surface area contributed by atoms with E-state index in [0.717, 1.165) is 78.1 Å². The van der Waals surface area contributed by atoms with E-state index in [9.17, 15) is 9.59 Å². The Bertz CT molecular complexity index is 2230. The van der Waals surface area contributed by atoms with E-state index in [-0.39, 0.29) is 19.0 Å². The van der Waals surface area contributed by atoms with Crippen LogP contribution >= 0.6 is 0 Å². The molecule has 0 unspecified atom stereocenters. The molecule has 4 aromatic heterocycles. The number of aromatic nitrogens is 6. The number of aliphatic carboxylic acids is 1. The molecule has 0 aliphatic heterocycles. The fraction of sp³-hybridized carbons (Fsp3) is 0.273. The highest BCUT2D eigenvalue weighted by molar-refractivity contribution is 5.81. The smallest absolute Gasteiger partial charge is 0.323 e. The van der Waals surface area contributed by atoms with E-state index in [1.54, 1.807) is 24.3 Å². The third-order valence-corrected chi connectivity index (χ3v) is 9.50. The fourth-order valence-electron chi connectivity index (χ4n) is 6.71. The predicted molar refractivity (Wildman–Crippen MR) is 221 cm³/mol. The molecule has 0 fully saturated rings. The van der Waals surface area contributed by atoms with Gasteiger partial charge in [0.25, 0.3) is 0 Å². The first kappa shape index (κ1) is 40.1. The van der Waals surface area contributed by atoms with E-state index in [0.29, 0.717) is 36.3 Å². The van der Waals surface area contributed by atoms with Crippen molar-refractivity contribution in [3.8, 4) is 23.0 Å². The van der Waals surface area contributed by atoms with E-state index in [4.69, 9.17) is 20.8 Å². The highest BCUT2D eigenvalue weighted by Crippen LogP contribution is 2.31. The fourth-order valence-corrected chi connectivity index (χ4v) is 6.71. The number of nitrogens with two attached hydrogens (primary N) is 1. The van der Waals surface area contributed by atoms with Crippen LogP contribution in [0.25, 0.3) is 23.0 Å². The predicted octanol–water partition coefficient (Wildman–Crippen LogP) is 5.47. The second kappa shape index (κ2) is 19.8. The highest BCUT2D eigenvalue weighted by atomic mass is 16.4. The number of nitrogens with zero attached hydrogens (tertiary/aromatic N) is 8. The number of anilines is 2. The van der Waals surface area contributed by atoms with E-state index < -0.39 is 5.97 Å². The second-order valence-electron chi connectivity index (χ2n) is 13.8. The third-order valence-electron chi connectivity index (χ3n) is 9.50. The SMILES string of the molecule is CN(CC(=O)NCc1ccccc1)c1nc(-c2ccccn2)nc2c1CCC2.CN(CC(=O)O)c1nc(-c2ccccn2)nc2c1CCC2.NCc1ccccc1. The summed E-state index contributed by atoms with van der Waals surface area (Å²) in [5, 5.41) is 12.0. The number of hydrogen-bond donors (Lipinski definition) is 3. The lowest BCUT2D eigenvalue weighted by molar-refractivity contribution is -0.135. The number of nitrogens with one attached hydrogen (secondary N) is 1. The molecule has 4 heterocycles. The van der Waals surface area contributed by atoms with Gasteiger partial charge in [-0.15, -0.1) is 0 Å². The quantitative estimate of drug-likeness (QED) is 0.152. The molecular formula is C44H48N10O3. The Hall–Kier alpha value is -6.60. The molecule has 13 nitrogen and oxygen atoms in total. The second-order valence-corrected chi connectivity index (χ2v) is 13.8. The van der Waals surface area contributed by atoms with Crippen molar-refractivity contribution in [1.82, 2.24) is 35.2 Å². The van der Waals surface area contributed by atoms with Gasteiger partial charge in [-0.3, -0.25) is 19.6 Å². The van der Waals surface area contributed by atoms with Gasteiger partial charge in [0.1, 0.15) is 29.6 Å². The summed E-state index contributed by atoms with van der Waals surface area (Å²) in [4.78, 5) is 54.3. The summed E-state index contributed by atoms with van der Waals surface area (Å²) in [6.07, 6.45) is 9.24. The molecule has 8 rings (SSSR count). The van der Waals surface area contributed by atoms with Crippen molar-refractivity contribution in [1.29, 1.82) is 0 Å². The molecule has 2 aromatic carbocycles. The van der Waals surface area contributed by atoms with Gasteiger partial charge in [0.2, 0.25) is 5.91 Å². The number of carboxylic acid groups (broad SMARTS) is 1. The van der Waals surface area contributed by atoms with Crippen LogP contribution in [0.3, 0.4) is 0 Å². The molecule has 0 saturated carbocycles. The maximum atomic E-state index is 12.4. The molecule has 4 N–H and O–H groups in total. The number of hydrogen-bond acceptors (Lipinski definition) is 11. The lowest BCUT2D eigenvalue weighted by Crippen LogP contribution is -2.35. The summed E-state index contributed by atoms with van der Waals surface area (Å²) < 4.78 is 0.